The van der Waals surface area contributed by atoms with Crippen molar-refractivity contribution in [2.24, 2.45) is 0 Å². The van der Waals surface area contributed by atoms with Crippen LogP contribution in [0.3, 0.4) is 0 Å². The molecule has 0 aromatic heterocycles. The summed E-state index contributed by atoms with van der Waals surface area (Å²) >= 11 is 0. The molecular formula is C12H12O. The third-order valence-electron chi connectivity index (χ3n) is 1.86. The van der Waals surface area contributed by atoms with Gasteiger partial charge in [0, 0.05) is 0 Å². The second kappa shape index (κ2) is 4.37. The SMILES string of the molecule is C#C/C=C(/CC)c1cccc(O)c1. The second-order valence-corrected chi connectivity index (χ2v) is 2.74. The van der Waals surface area contributed by atoms with Gasteiger partial charge in [-0.15, -0.1) is 6.42 Å². The van der Waals surface area contributed by atoms with Crippen LogP contribution in [-0.4, -0.2) is 5.11 Å². The third-order valence-corrected chi connectivity index (χ3v) is 1.86. The summed E-state index contributed by atoms with van der Waals surface area (Å²) in [6, 6.07) is 7.11. The maximum atomic E-state index is 9.25. The number of hydrogen-bond donors (Lipinski definition) is 1. The van der Waals surface area contributed by atoms with E-state index in [0.29, 0.717) is 0 Å². The Bertz CT molecular complexity index is 356. The Hall–Kier alpha value is -1.68. The number of rotatable bonds is 2. The Balaban J connectivity index is 3.07. The summed E-state index contributed by atoms with van der Waals surface area (Å²) < 4.78 is 0. The second-order valence-electron chi connectivity index (χ2n) is 2.74. The van der Waals surface area contributed by atoms with Gasteiger partial charge in [-0.3, -0.25) is 0 Å². The predicted octanol–water partition coefficient (Wildman–Crippen LogP) is 2.82. The van der Waals surface area contributed by atoms with Gasteiger partial charge in [0.25, 0.3) is 0 Å². The number of terminal acetylenes is 1. The minimum Gasteiger partial charge on any atom is -0.508 e. The molecule has 0 atom stereocenters. The highest BCUT2D eigenvalue weighted by Gasteiger charge is 1.98. The van der Waals surface area contributed by atoms with E-state index < -0.39 is 0 Å². The number of benzene rings is 1. The molecule has 1 N–H and O–H groups in total. The predicted molar refractivity (Wildman–Crippen MR) is 55.2 cm³/mol. The van der Waals surface area contributed by atoms with E-state index in [1.54, 1.807) is 18.2 Å². The van der Waals surface area contributed by atoms with Gasteiger partial charge in [0.05, 0.1) is 0 Å². The van der Waals surface area contributed by atoms with E-state index >= 15 is 0 Å². The Morgan fingerprint density at radius 3 is 2.92 bits per heavy atom. The van der Waals surface area contributed by atoms with E-state index in [1.807, 2.05) is 19.1 Å². The lowest BCUT2D eigenvalue weighted by molar-refractivity contribution is 0.475. The fraction of sp³-hybridized carbons (Fsp3) is 0.167. The number of aromatic hydroxyl groups is 1. The van der Waals surface area contributed by atoms with Crippen LogP contribution in [0.2, 0.25) is 0 Å². The van der Waals surface area contributed by atoms with Crippen LogP contribution in [0.1, 0.15) is 18.9 Å². The van der Waals surface area contributed by atoms with Gasteiger partial charge in [0.1, 0.15) is 5.75 Å². The van der Waals surface area contributed by atoms with Gasteiger partial charge >= 0.3 is 0 Å². The number of phenolic OH excluding ortho intramolecular Hbond substituents is 1. The first-order valence-electron chi connectivity index (χ1n) is 4.22. The Morgan fingerprint density at radius 2 is 2.38 bits per heavy atom. The quantitative estimate of drug-likeness (QED) is 0.680. The van der Waals surface area contributed by atoms with Crippen LogP contribution in [0.4, 0.5) is 0 Å². The minimum absolute atomic E-state index is 0.272. The highest BCUT2D eigenvalue weighted by Crippen LogP contribution is 2.21. The Kier molecular flexibility index (Phi) is 3.16. The van der Waals surface area contributed by atoms with Gasteiger partial charge in [0.2, 0.25) is 0 Å². The van der Waals surface area contributed by atoms with Crippen molar-refractivity contribution < 1.29 is 5.11 Å². The highest BCUT2D eigenvalue weighted by atomic mass is 16.3. The zero-order valence-electron chi connectivity index (χ0n) is 7.62. The zero-order chi connectivity index (χ0) is 9.68. The summed E-state index contributed by atoms with van der Waals surface area (Å²) in [6.45, 7) is 2.03. The molecule has 1 aromatic rings. The molecule has 13 heavy (non-hydrogen) atoms. The number of hydrogen-bond acceptors (Lipinski definition) is 1. The molecule has 0 aliphatic rings. The number of allylic oxidation sites excluding steroid dienone is 2. The smallest absolute Gasteiger partial charge is 0.116 e. The van der Waals surface area contributed by atoms with E-state index in [9.17, 15) is 5.11 Å². The fourth-order valence-corrected chi connectivity index (χ4v) is 1.20. The van der Waals surface area contributed by atoms with Crippen LogP contribution in [0, 0.1) is 12.3 Å². The van der Waals surface area contributed by atoms with Crippen LogP contribution in [0.5, 0.6) is 5.75 Å². The summed E-state index contributed by atoms with van der Waals surface area (Å²) in [5.41, 5.74) is 2.05. The molecule has 0 spiro atoms. The standard InChI is InChI=1S/C12H12O/c1-3-6-10(4-2)11-7-5-8-12(13)9-11/h1,5-9,13H,4H2,2H3/b10-6-. The monoisotopic (exact) mass is 172 g/mol. The summed E-state index contributed by atoms with van der Waals surface area (Å²) in [4.78, 5) is 0. The van der Waals surface area contributed by atoms with E-state index in [2.05, 4.69) is 5.92 Å². The van der Waals surface area contributed by atoms with Crippen molar-refractivity contribution in [3.63, 3.8) is 0 Å². The molecule has 0 heterocycles. The summed E-state index contributed by atoms with van der Waals surface area (Å²) in [7, 11) is 0. The maximum Gasteiger partial charge on any atom is 0.116 e. The normalized spacial score (nSPS) is 10.9. The van der Waals surface area contributed by atoms with Gasteiger partial charge in [0.15, 0.2) is 0 Å². The van der Waals surface area contributed by atoms with Crippen molar-refractivity contribution in [1.82, 2.24) is 0 Å². The van der Waals surface area contributed by atoms with Gasteiger partial charge in [-0.1, -0.05) is 25.0 Å². The van der Waals surface area contributed by atoms with Gasteiger partial charge in [-0.05, 0) is 35.8 Å². The topological polar surface area (TPSA) is 20.2 Å². The van der Waals surface area contributed by atoms with Crippen LogP contribution in [-0.2, 0) is 0 Å². The van der Waals surface area contributed by atoms with Gasteiger partial charge < -0.3 is 5.11 Å². The van der Waals surface area contributed by atoms with E-state index in [0.717, 1.165) is 17.6 Å². The van der Waals surface area contributed by atoms with Crippen LogP contribution in [0.25, 0.3) is 5.57 Å². The molecule has 0 unspecified atom stereocenters. The van der Waals surface area contributed by atoms with Crippen LogP contribution < -0.4 is 0 Å². The average Bonchev–Trinajstić information content (AvgIpc) is 2.14. The molecule has 0 bridgehead atoms. The average molecular weight is 172 g/mol. The lowest BCUT2D eigenvalue weighted by atomic mass is 10.0. The van der Waals surface area contributed by atoms with Gasteiger partial charge in [-0.2, -0.15) is 0 Å². The summed E-state index contributed by atoms with van der Waals surface area (Å²) in [6.07, 6.45) is 7.79. The van der Waals surface area contributed by atoms with E-state index in [-0.39, 0.29) is 5.75 Å². The molecular weight excluding hydrogens is 160 g/mol. The Morgan fingerprint density at radius 1 is 1.62 bits per heavy atom. The lowest BCUT2D eigenvalue weighted by Crippen LogP contribution is -1.81. The number of phenols is 1. The van der Waals surface area contributed by atoms with E-state index in [1.165, 1.54) is 0 Å². The van der Waals surface area contributed by atoms with Crippen molar-refractivity contribution in [3.8, 4) is 18.1 Å². The van der Waals surface area contributed by atoms with Crippen molar-refractivity contribution in [3.05, 3.63) is 35.9 Å². The molecule has 1 nitrogen and oxygen atoms in total. The largest absolute Gasteiger partial charge is 0.508 e. The first-order chi connectivity index (χ1) is 6.27. The lowest BCUT2D eigenvalue weighted by Gasteiger charge is -2.03. The van der Waals surface area contributed by atoms with E-state index in [4.69, 9.17) is 6.42 Å². The van der Waals surface area contributed by atoms with Crippen molar-refractivity contribution >= 4 is 5.57 Å². The summed E-state index contributed by atoms with van der Waals surface area (Å²) in [5.74, 6) is 2.77. The molecule has 0 saturated carbocycles. The fourth-order valence-electron chi connectivity index (χ4n) is 1.20. The maximum absolute atomic E-state index is 9.25. The molecule has 0 radical (unpaired) electrons. The van der Waals surface area contributed by atoms with Crippen molar-refractivity contribution in [2.75, 3.05) is 0 Å². The first kappa shape index (κ1) is 9.41. The van der Waals surface area contributed by atoms with Crippen molar-refractivity contribution in [2.45, 2.75) is 13.3 Å². The summed E-state index contributed by atoms with van der Waals surface area (Å²) in [5, 5.41) is 9.25. The molecule has 0 fully saturated rings. The Labute approximate surface area is 78.7 Å². The molecule has 0 saturated heterocycles. The van der Waals surface area contributed by atoms with Crippen molar-refractivity contribution in [1.29, 1.82) is 0 Å². The van der Waals surface area contributed by atoms with Crippen LogP contribution >= 0.6 is 0 Å². The first-order valence-corrected chi connectivity index (χ1v) is 4.22. The molecule has 1 rings (SSSR count). The highest BCUT2D eigenvalue weighted by molar-refractivity contribution is 5.68. The zero-order valence-corrected chi connectivity index (χ0v) is 7.62. The van der Waals surface area contributed by atoms with Gasteiger partial charge in [-0.25, -0.2) is 0 Å². The molecule has 0 amide bonds. The molecule has 1 heteroatoms. The molecule has 0 aliphatic carbocycles. The molecule has 0 aliphatic heterocycles. The van der Waals surface area contributed by atoms with Crippen LogP contribution in [0.15, 0.2) is 30.3 Å². The minimum atomic E-state index is 0.272. The molecule has 66 valence electrons. The molecule has 1 aromatic carbocycles. The third kappa shape index (κ3) is 2.38.